The first kappa shape index (κ1) is 11.8. The van der Waals surface area contributed by atoms with Crippen LogP contribution in [0.25, 0.3) is 0 Å². The van der Waals surface area contributed by atoms with E-state index in [9.17, 15) is 9.59 Å². The molecule has 0 aliphatic rings. The number of Topliss-reactive ketones (excluding diaryl/α,β-unsaturated/α-hetero) is 2. The second-order valence-electron chi connectivity index (χ2n) is 3.45. The summed E-state index contributed by atoms with van der Waals surface area (Å²) >= 11 is 3.29. The largest absolute Gasteiger partial charge is 0.300 e. The molecule has 0 heterocycles. The summed E-state index contributed by atoms with van der Waals surface area (Å²) in [6.07, 6.45) is 1.13. The SMILES string of the molecule is CC(=O)CCC(C)(CBr)C(C)=O. The molecular formula is C9H15BrO2. The van der Waals surface area contributed by atoms with Crippen LogP contribution in [-0.4, -0.2) is 16.9 Å². The first-order valence-electron chi connectivity index (χ1n) is 3.99. The quantitative estimate of drug-likeness (QED) is 0.685. The summed E-state index contributed by atoms with van der Waals surface area (Å²) < 4.78 is 0. The van der Waals surface area contributed by atoms with Crippen molar-refractivity contribution in [1.29, 1.82) is 0 Å². The van der Waals surface area contributed by atoms with Crippen molar-refractivity contribution in [1.82, 2.24) is 0 Å². The zero-order valence-corrected chi connectivity index (χ0v) is 9.40. The van der Waals surface area contributed by atoms with Gasteiger partial charge in [-0.05, 0) is 20.3 Å². The van der Waals surface area contributed by atoms with E-state index >= 15 is 0 Å². The van der Waals surface area contributed by atoms with Gasteiger partial charge in [0.25, 0.3) is 0 Å². The normalized spacial score (nSPS) is 15.3. The summed E-state index contributed by atoms with van der Waals surface area (Å²) in [7, 11) is 0. The standard InChI is InChI=1S/C9H15BrO2/c1-7(11)4-5-9(3,6-10)8(2)12/h4-6H2,1-3H3. The lowest BCUT2D eigenvalue weighted by Crippen LogP contribution is -2.27. The zero-order valence-electron chi connectivity index (χ0n) is 7.82. The lowest BCUT2D eigenvalue weighted by atomic mass is 9.83. The number of rotatable bonds is 5. The predicted octanol–water partition coefficient (Wildman–Crippen LogP) is 2.35. The fourth-order valence-corrected chi connectivity index (χ4v) is 1.46. The molecule has 0 aromatic rings. The highest BCUT2D eigenvalue weighted by Gasteiger charge is 2.28. The number of ketones is 2. The highest BCUT2D eigenvalue weighted by Crippen LogP contribution is 2.26. The summed E-state index contributed by atoms with van der Waals surface area (Å²) in [5.41, 5.74) is -0.369. The van der Waals surface area contributed by atoms with Crippen LogP contribution in [0.1, 0.15) is 33.6 Å². The van der Waals surface area contributed by atoms with Gasteiger partial charge in [-0.15, -0.1) is 0 Å². The second kappa shape index (κ2) is 4.75. The smallest absolute Gasteiger partial charge is 0.136 e. The molecular weight excluding hydrogens is 220 g/mol. The van der Waals surface area contributed by atoms with Gasteiger partial charge < -0.3 is 4.79 Å². The van der Waals surface area contributed by atoms with E-state index in [1.807, 2.05) is 6.92 Å². The van der Waals surface area contributed by atoms with Gasteiger partial charge in [0, 0.05) is 17.2 Å². The van der Waals surface area contributed by atoms with Crippen molar-refractivity contribution < 1.29 is 9.59 Å². The van der Waals surface area contributed by atoms with Crippen molar-refractivity contribution in [2.75, 3.05) is 5.33 Å². The third-order valence-electron chi connectivity index (χ3n) is 2.17. The van der Waals surface area contributed by atoms with E-state index in [1.165, 1.54) is 0 Å². The van der Waals surface area contributed by atoms with Gasteiger partial charge in [0.1, 0.15) is 11.6 Å². The molecule has 2 nitrogen and oxygen atoms in total. The Labute approximate surface area is 81.8 Å². The van der Waals surface area contributed by atoms with Crippen molar-refractivity contribution in [3.63, 3.8) is 0 Å². The van der Waals surface area contributed by atoms with Crippen molar-refractivity contribution in [3.8, 4) is 0 Å². The second-order valence-corrected chi connectivity index (χ2v) is 4.01. The monoisotopic (exact) mass is 234 g/mol. The number of hydrogen-bond acceptors (Lipinski definition) is 2. The molecule has 1 atom stereocenters. The minimum absolute atomic E-state index is 0.139. The van der Waals surface area contributed by atoms with Crippen LogP contribution in [-0.2, 0) is 9.59 Å². The van der Waals surface area contributed by atoms with Gasteiger partial charge in [0.15, 0.2) is 0 Å². The van der Waals surface area contributed by atoms with Crippen LogP contribution < -0.4 is 0 Å². The van der Waals surface area contributed by atoms with Crippen LogP contribution in [0.2, 0.25) is 0 Å². The van der Waals surface area contributed by atoms with Crippen molar-refractivity contribution in [2.45, 2.75) is 33.6 Å². The topological polar surface area (TPSA) is 34.1 Å². The van der Waals surface area contributed by atoms with Gasteiger partial charge in [-0.2, -0.15) is 0 Å². The van der Waals surface area contributed by atoms with Crippen molar-refractivity contribution in [2.24, 2.45) is 5.41 Å². The molecule has 0 radical (unpaired) electrons. The van der Waals surface area contributed by atoms with Crippen LogP contribution in [0.5, 0.6) is 0 Å². The predicted molar refractivity (Wildman–Crippen MR) is 52.5 cm³/mol. The maximum absolute atomic E-state index is 11.2. The minimum Gasteiger partial charge on any atom is -0.300 e. The molecule has 0 fully saturated rings. The van der Waals surface area contributed by atoms with Crippen LogP contribution in [0.3, 0.4) is 0 Å². The summed E-state index contributed by atoms with van der Waals surface area (Å²) in [5, 5.41) is 0.628. The van der Waals surface area contributed by atoms with E-state index in [-0.39, 0.29) is 17.0 Å². The molecule has 3 heteroatoms. The van der Waals surface area contributed by atoms with Gasteiger partial charge in [-0.1, -0.05) is 22.9 Å². The summed E-state index contributed by atoms with van der Waals surface area (Å²) in [6, 6.07) is 0. The molecule has 0 N–H and O–H groups in total. The lowest BCUT2D eigenvalue weighted by molar-refractivity contribution is -0.125. The molecule has 12 heavy (non-hydrogen) atoms. The molecule has 0 aliphatic heterocycles. The molecule has 70 valence electrons. The van der Waals surface area contributed by atoms with E-state index in [1.54, 1.807) is 13.8 Å². The summed E-state index contributed by atoms with van der Waals surface area (Å²) in [5.74, 6) is 0.282. The van der Waals surface area contributed by atoms with Crippen LogP contribution in [0.4, 0.5) is 0 Å². The number of halogens is 1. The van der Waals surface area contributed by atoms with Crippen molar-refractivity contribution >= 4 is 27.5 Å². The number of alkyl halides is 1. The number of carbonyl (C=O) groups is 2. The zero-order chi connectivity index (χ0) is 9.78. The molecule has 0 rings (SSSR count). The average Bonchev–Trinajstić information content (AvgIpc) is 1.99. The molecule has 0 spiro atoms. The molecule has 0 aliphatic carbocycles. The van der Waals surface area contributed by atoms with Crippen LogP contribution in [0.15, 0.2) is 0 Å². The van der Waals surface area contributed by atoms with Gasteiger partial charge in [-0.25, -0.2) is 0 Å². The number of hydrogen-bond donors (Lipinski definition) is 0. The van der Waals surface area contributed by atoms with E-state index < -0.39 is 0 Å². The highest BCUT2D eigenvalue weighted by atomic mass is 79.9. The van der Waals surface area contributed by atoms with E-state index in [0.717, 1.165) is 0 Å². The Kier molecular flexibility index (Phi) is 4.68. The summed E-state index contributed by atoms with van der Waals surface area (Å²) in [4.78, 5) is 21.9. The number of carbonyl (C=O) groups excluding carboxylic acids is 2. The first-order valence-corrected chi connectivity index (χ1v) is 5.11. The molecule has 1 unspecified atom stereocenters. The van der Waals surface area contributed by atoms with Crippen LogP contribution >= 0.6 is 15.9 Å². The van der Waals surface area contributed by atoms with E-state index in [4.69, 9.17) is 0 Å². The minimum atomic E-state index is -0.369. The maximum atomic E-state index is 11.2. The van der Waals surface area contributed by atoms with Gasteiger partial charge >= 0.3 is 0 Å². The van der Waals surface area contributed by atoms with E-state index in [2.05, 4.69) is 15.9 Å². The van der Waals surface area contributed by atoms with Crippen LogP contribution in [0, 0.1) is 5.41 Å². The van der Waals surface area contributed by atoms with Gasteiger partial charge in [0.2, 0.25) is 0 Å². The summed E-state index contributed by atoms with van der Waals surface area (Å²) in [6.45, 7) is 5.00. The Bertz CT molecular complexity index is 189. The Morgan fingerprint density at radius 1 is 1.33 bits per heavy atom. The fourth-order valence-electron chi connectivity index (χ4n) is 0.789. The van der Waals surface area contributed by atoms with E-state index in [0.29, 0.717) is 18.2 Å². The fraction of sp³-hybridized carbons (Fsp3) is 0.778. The molecule has 0 saturated carbocycles. The molecule has 0 aromatic heterocycles. The Hall–Kier alpha value is -0.180. The first-order chi connectivity index (χ1) is 5.42. The highest BCUT2D eigenvalue weighted by molar-refractivity contribution is 9.09. The Morgan fingerprint density at radius 3 is 2.08 bits per heavy atom. The lowest BCUT2D eigenvalue weighted by Gasteiger charge is -2.23. The molecule has 0 saturated heterocycles. The maximum Gasteiger partial charge on any atom is 0.136 e. The van der Waals surface area contributed by atoms with Crippen molar-refractivity contribution in [3.05, 3.63) is 0 Å². The molecule has 0 amide bonds. The molecule has 0 aromatic carbocycles. The van der Waals surface area contributed by atoms with Gasteiger partial charge in [0.05, 0.1) is 0 Å². The Morgan fingerprint density at radius 2 is 1.83 bits per heavy atom. The Balaban J connectivity index is 4.15. The molecule has 0 bridgehead atoms. The third kappa shape index (κ3) is 3.48. The van der Waals surface area contributed by atoms with Gasteiger partial charge in [-0.3, -0.25) is 4.79 Å². The average molecular weight is 235 g/mol. The third-order valence-corrected chi connectivity index (χ3v) is 3.41.